The molecule has 128 valence electrons. The van der Waals surface area contributed by atoms with E-state index in [4.69, 9.17) is 20.5 Å². The van der Waals surface area contributed by atoms with Crippen LogP contribution in [0.25, 0.3) is 6.08 Å². The first kappa shape index (κ1) is 19.7. The van der Waals surface area contributed by atoms with Gasteiger partial charge in [0.1, 0.15) is 17.4 Å². The number of nitrogens with zero attached hydrogens (tertiary/aromatic N) is 1. The summed E-state index contributed by atoms with van der Waals surface area (Å²) < 4.78 is 10.7. The summed E-state index contributed by atoms with van der Waals surface area (Å²) in [6.07, 6.45) is 2.13. The summed E-state index contributed by atoms with van der Waals surface area (Å²) in [5.41, 5.74) is 5.65. The molecule has 0 radical (unpaired) electrons. The number of carbonyl (C=O) groups excluding carboxylic acids is 2. The van der Waals surface area contributed by atoms with Crippen molar-refractivity contribution in [2.75, 3.05) is 26.9 Å². The van der Waals surface area contributed by atoms with Crippen LogP contribution in [0.1, 0.15) is 12.0 Å². The number of primary amides is 1. The minimum absolute atomic E-state index is 0.00915. The molecule has 0 unspecified atom stereocenters. The quantitative estimate of drug-likeness (QED) is 0.372. The number of halogens is 1. The maximum absolute atomic E-state index is 11.9. The number of hydrogen-bond acceptors (Lipinski definition) is 5. The first-order valence-corrected chi connectivity index (χ1v) is 7.86. The van der Waals surface area contributed by atoms with Gasteiger partial charge in [-0.1, -0.05) is 6.07 Å². The highest BCUT2D eigenvalue weighted by Gasteiger charge is 2.09. The molecule has 1 aromatic rings. The van der Waals surface area contributed by atoms with Crippen LogP contribution in [0, 0.1) is 11.3 Å². The molecule has 0 aliphatic carbocycles. The van der Waals surface area contributed by atoms with Gasteiger partial charge in [0.25, 0.3) is 11.8 Å². The Morgan fingerprint density at radius 1 is 1.46 bits per heavy atom. The van der Waals surface area contributed by atoms with Crippen LogP contribution in [0.2, 0.25) is 0 Å². The maximum atomic E-state index is 11.9. The molecule has 7 nitrogen and oxygen atoms in total. The Hall–Kier alpha value is -2.37. The molecule has 0 atom stereocenters. The number of nitrogens with one attached hydrogen (secondary N) is 1. The predicted octanol–water partition coefficient (Wildman–Crippen LogP) is 1.37. The van der Waals surface area contributed by atoms with Crippen molar-refractivity contribution in [3.8, 4) is 11.8 Å². The smallest absolute Gasteiger partial charge is 0.261 e. The third-order valence-electron chi connectivity index (χ3n) is 2.81. The van der Waals surface area contributed by atoms with Crippen molar-refractivity contribution in [2.45, 2.75) is 6.42 Å². The number of rotatable bonds is 9. The zero-order chi connectivity index (χ0) is 17.9. The van der Waals surface area contributed by atoms with E-state index in [9.17, 15) is 9.59 Å². The minimum atomic E-state index is -0.581. The second kappa shape index (κ2) is 10.4. The van der Waals surface area contributed by atoms with Gasteiger partial charge in [0, 0.05) is 20.3 Å². The molecular formula is C16H18BrN3O4. The molecule has 2 amide bonds. The molecule has 0 spiro atoms. The van der Waals surface area contributed by atoms with Crippen LogP contribution in [0.4, 0.5) is 0 Å². The topological polar surface area (TPSA) is 114 Å². The van der Waals surface area contributed by atoms with Gasteiger partial charge in [0.05, 0.1) is 4.47 Å². The number of benzene rings is 1. The van der Waals surface area contributed by atoms with Gasteiger partial charge in [-0.25, -0.2) is 0 Å². The molecule has 0 bridgehead atoms. The van der Waals surface area contributed by atoms with Crippen molar-refractivity contribution in [1.82, 2.24) is 5.32 Å². The number of carbonyl (C=O) groups is 2. The Balaban J connectivity index is 2.78. The average molecular weight is 396 g/mol. The fourth-order valence-electron chi connectivity index (χ4n) is 1.70. The molecule has 1 rings (SSSR count). The number of ether oxygens (including phenoxy) is 2. The molecule has 24 heavy (non-hydrogen) atoms. The maximum Gasteiger partial charge on any atom is 0.261 e. The minimum Gasteiger partial charge on any atom is -0.483 e. The van der Waals surface area contributed by atoms with Crippen molar-refractivity contribution in [1.29, 1.82) is 5.26 Å². The van der Waals surface area contributed by atoms with Gasteiger partial charge >= 0.3 is 0 Å². The highest BCUT2D eigenvalue weighted by Crippen LogP contribution is 2.26. The zero-order valence-corrected chi connectivity index (χ0v) is 14.8. The van der Waals surface area contributed by atoms with Crippen LogP contribution < -0.4 is 15.8 Å². The lowest BCUT2D eigenvalue weighted by atomic mass is 10.1. The third kappa shape index (κ3) is 6.81. The van der Waals surface area contributed by atoms with Crippen molar-refractivity contribution >= 4 is 33.8 Å². The number of amides is 2. The molecule has 0 aromatic heterocycles. The Morgan fingerprint density at radius 2 is 2.21 bits per heavy atom. The molecule has 3 N–H and O–H groups in total. The number of methoxy groups -OCH3 is 1. The second-order valence-corrected chi connectivity index (χ2v) is 5.57. The molecule has 1 aromatic carbocycles. The van der Waals surface area contributed by atoms with Crippen LogP contribution in [-0.2, 0) is 14.3 Å². The van der Waals surface area contributed by atoms with E-state index in [1.54, 1.807) is 25.3 Å². The van der Waals surface area contributed by atoms with Crippen LogP contribution in [0.3, 0.4) is 0 Å². The van der Waals surface area contributed by atoms with Gasteiger partial charge in [-0.05, 0) is 46.1 Å². The molecule has 0 heterocycles. The molecule has 0 aliphatic rings. The van der Waals surface area contributed by atoms with E-state index in [2.05, 4.69) is 21.2 Å². The van der Waals surface area contributed by atoms with E-state index >= 15 is 0 Å². The summed E-state index contributed by atoms with van der Waals surface area (Å²) in [4.78, 5) is 22.7. The van der Waals surface area contributed by atoms with Gasteiger partial charge in [0.2, 0.25) is 0 Å². The van der Waals surface area contributed by atoms with Crippen molar-refractivity contribution in [3.63, 3.8) is 0 Å². The zero-order valence-electron chi connectivity index (χ0n) is 13.2. The Bertz CT molecular complexity index is 668. The normalized spacial score (nSPS) is 10.8. The second-order valence-electron chi connectivity index (χ2n) is 4.72. The number of nitrogens with two attached hydrogens (primary N) is 1. The summed E-state index contributed by atoms with van der Waals surface area (Å²) >= 11 is 3.30. The lowest BCUT2D eigenvalue weighted by molar-refractivity contribution is -0.120. The molecule has 8 heteroatoms. The first-order chi connectivity index (χ1) is 11.5. The average Bonchev–Trinajstić information content (AvgIpc) is 2.55. The Kier molecular flexibility index (Phi) is 8.54. The van der Waals surface area contributed by atoms with Gasteiger partial charge in [-0.2, -0.15) is 5.26 Å². The summed E-state index contributed by atoms with van der Waals surface area (Å²) in [5, 5.41) is 11.8. The number of hydrogen-bond donors (Lipinski definition) is 2. The molecule has 0 aliphatic heterocycles. The third-order valence-corrected chi connectivity index (χ3v) is 3.43. The lowest BCUT2D eigenvalue weighted by Crippen LogP contribution is -2.26. The van der Waals surface area contributed by atoms with E-state index in [1.807, 2.05) is 6.07 Å². The number of nitriles is 1. The SMILES string of the molecule is COCCCNC(=O)/C(C#N)=C/c1ccc(OCC(N)=O)c(Br)c1. The largest absolute Gasteiger partial charge is 0.483 e. The van der Waals surface area contributed by atoms with Crippen molar-refractivity contribution < 1.29 is 19.1 Å². The Labute approximate surface area is 148 Å². The molecule has 0 fully saturated rings. The van der Waals surface area contributed by atoms with Crippen LogP contribution in [0.5, 0.6) is 5.75 Å². The summed E-state index contributed by atoms with van der Waals surface area (Å²) in [7, 11) is 1.58. The summed E-state index contributed by atoms with van der Waals surface area (Å²) in [5.74, 6) is -0.588. The van der Waals surface area contributed by atoms with Crippen LogP contribution >= 0.6 is 15.9 Å². The summed E-state index contributed by atoms with van der Waals surface area (Å²) in [6.45, 7) is 0.724. The van der Waals surface area contributed by atoms with Crippen molar-refractivity contribution in [3.05, 3.63) is 33.8 Å². The monoisotopic (exact) mass is 395 g/mol. The van der Waals surface area contributed by atoms with Crippen molar-refractivity contribution in [2.24, 2.45) is 5.73 Å². The van der Waals surface area contributed by atoms with Gasteiger partial charge < -0.3 is 20.5 Å². The van der Waals surface area contributed by atoms with Gasteiger partial charge in [0.15, 0.2) is 6.61 Å². The van der Waals surface area contributed by atoms with E-state index in [0.29, 0.717) is 35.4 Å². The van der Waals surface area contributed by atoms with E-state index in [1.165, 1.54) is 6.08 Å². The fourth-order valence-corrected chi connectivity index (χ4v) is 2.21. The fraction of sp³-hybridized carbons (Fsp3) is 0.312. The van der Waals surface area contributed by atoms with Crippen LogP contribution in [0.15, 0.2) is 28.2 Å². The van der Waals surface area contributed by atoms with E-state index in [0.717, 1.165) is 0 Å². The van der Waals surface area contributed by atoms with E-state index < -0.39 is 11.8 Å². The highest BCUT2D eigenvalue weighted by molar-refractivity contribution is 9.10. The van der Waals surface area contributed by atoms with Crippen LogP contribution in [-0.4, -0.2) is 38.7 Å². The molecular weight excluding hydrogens is 378 g/mol. The standard InChI is InChI=1S/C16H18BrN3O4/c1-23-6-2-5-20-16(22)12(9-18)7-11-3-4-14(13(17)8-11)24-10-15(19)21/h3-4,7-8H,2,5-6,10H2,1H3,(H2,19,21)(H,20,22)/b12-7+. The lowest BCUT2D eigenvalue weighted by Gasteiger charge is -2.07. The van der Waals surface area contributed by atoms with Gasteiger partial charge in [-0.15, -0.1) is 0 Å². The first-order valence-electron chi connectivity index (χ1n) is 7.07. The highest BCUT2D eigenvalue weighted by atomic mass is 79.9. The Morgan fingerprint density at radius 3 is 2.79 bits per heavy atom. The molecule has 0 saturated carbocycles. The van der Waals surface area contributed by atoms with E-state index in [-0.39, 0.29) is 12.2 Å². The van der Waals surface area contributed by atoms with Gasteiger partial charge in [-0.3, -0.25) is 9.59 Å². The summed E-state index contributed by atoms with van der Waals surface area (Å²) in [6, 6.07) is 6.83. The predicted molar refractivity (Wildman–Crippen MR) is 91.9 cm³/mol. The molecule has 0 saturated heterocycles.